The zero-order chi connectivity index (χ0) is 92.1. The van der Waals surface area contributed by atoms with Crippen LogP contribution in [0.25, 0.3) is 45.6 Å². The number of hydrogen-bond acceptors (Lipinski definition) is 30. The van der Waals surface area contributed by atoms with Crippen LogP contribution in [0.3, 0.4) is 0 Å². The fraction of sp³-hybridized carbons (Fsp3) is 0.291. The largest absolute Gasteiger partial charge is 0.444 e. The lowest BCUT2D eigenvalue weighted by atomic mass is 10.0. The Hall–Kier alpha value is -14.0. The molecule has 4 aromatic carbocycles. The van der Waals surface area contributed by atoms with Gasteiger partial charge in [0.05, 0.1) is 107 Å². The SMILES string of the molecule is COCC(OC(=O)Nc1c(-c2ccc(NS(C)(=O)=O)c(C)n2)nnn1C)c1ccccc1.COCc1ccccc1[C@@H](C)OC(=O)Nc1c(-c2ccc(NS(C)(=O)=O)c(C)n2)nnn1C.Cc1ccc(F)c(COC(=O)Nc2c(-c3ccc(NS(C)(=O)=O)c(C)n3)nnn2C)c1.Cc1cccc(COC(=O)Nc2c(-c3ccc(NS(C)(=O)=O)c(C)n3)nnn2C)c1. The van der Waals surface area contributed by atoms with Crippen LogP contribution >= 0.6 is 0 Å². The third-order valence-electron chi connectivity index (χ3n) is 17.5. The van der Waals surface area contributed by atoms with E-state index in [0.29, 0.717) is 97.8 Å². The summed E-state index contributed by atoms with van der Waals surface area (Å²) in [6, 6.07) is 41.5. The number of anilines is 8. The smallest absolute Gasteiger partial charge is 0.413 e. The minimum atomic E-state index is -3.45. The second kappa shape index (κ2) is 42.4. The van der Waals surface area contributed by atoms with Crippen LogP contribution in [0.4, 0.5) is 69.6 Å². The third kappa shape index (κ3) is 28.0. The number of benzene rings is 4. The molecule has 0 radical (unpaired) electrons. The van der Waals surface area contributed by atoms with Crippen LogP contribution in [0.2, 0.25) is 0 Å². The van der Waals surface area contributed by atoms with Gasteiger partial charge in [-0.25, -0.2) is 95.9 Å². The molecule has 12 rings (SSSR count). The molecule has 0 saturated carbocycles. The first kappa shape index (κ1) is 95.8. The van der Waals surface area contributed by atoms with E-state index in [1.54, 1.807) is 125 Å². The summed E-state index contributed by atoms with van der Waals surface area (Å²) < 4.78 is 153. The van der Waals surface area contributed by atoms with Gasteiger partial charge in [0.25, 0.3) is 0 Å². The van der Waals surface area contributed by atoms with Gasteiger partial charge in [0, 0.05) is 48.0 Å². The van der Waals surface area contributed by atoms with Crippen LogP contribution < -0.4 is 40.2 Å². The second-order valence-corrected chi connectivity index (χ2v) is 35.1. The summed E-state index contributed by atoms with van der Waals surface area (Å²) in [7, 11) is -4.21. The number of methoxy groups -OCH3 is 2. The average Bonchev–Trinajstić information content (AvgIpc) is 1.68. The summed E-state index contributed by atoms with van der Waals surface area (Å²) in [6.45, 7) is 12.6. The van der Waals surface area contributed by atoms with Gasteiger partial charge in [-0.2, -0.15) is 0 Å². The van der Waals surface area contributed by atoms with Crippen LogP contribution in [-0.2, 0) is 117 Å². The van der Waals surface area contributed by atoms with Gasteiger partial charge in [0.2, 0.25) is 40.1 Å². The number of aryl methyl sites for hydroxylation is 10. The summed E-state index contributed by atoms with van der Waals surface area (Å²) in [5, 5.41) is 42.5. The highest BCUT2D eigenvalue weighted by molar-refractivity contribution is 7.92. The van der Waals surface area contributed by atoms with Crippen LogP contribution in [0, 0.1) is 47.4 Å². The van der Waals surface area contributed by atoms with Gasteiger partial charge in [-0.05, 0) is 131 Å². The van der Waals surface area contributed by atoms with E-state index in [-0.39, 0.29) is 48.5 Å². The number of nitrogens with one attached hydrogen (secondary N) is 8. The van der Waals surface area contributed by atoms with Crippen LogP contribution in [0.1, 0.15) is 80.9 Å². The monoisotopic (exact) mass is 1810 g/mol. The van der Waals surface area contributed by atoms with E-state index in [9.17, 15) is 57.2 Å². The summed E-state index contributed by atoms with van der Waals surface area (Å²) in [4.78, 5) is 67.3. The Kier molecular flexibility index (Phi) is 32.2. The highest BCUT2D eigenvalue weighted by atomic mass is 32.2. The van der Waals surface area contributed by atoms with Crippen molar-refractivity contribution in [3.05, 3.63) is 213 Å². The molecule has 2 atom stereocenters. The van der Waals surface area contributed by atoms with Gasteiger partial charge in [-0.15, -0.1) is 20.4 Å². The first-order valence-corrected chi connectivity index (χ1v) is 45.1. The van der Waals surface area contributed by atoms with Crippen molar-refractivity contribution in [2.75, 3.05) is 86.0 Å². The Morgan fingerprint density at radius 2 is 0.762 bits per heavy atom. The van der Waals surface area contributed by atoms with Crippen molar-refractivity contribution in [3.63, 3.8) is 0 Å². The molecule has 0 fully saturated rings. The normalized spacial score (nSPS) is 11.8. The number of aromatic nitrogens is 16. The summed E-state index contributed by atoms with van der Waals surface area (Å²) in [6.07, 6.45) is 0.217. The van der Waals surface area contributed by atoms with Crippen molar-refractivity contribution < 1.29 is 85.7 Å². The zero-order valence-electron chi connectivity index (χ0n) is 71.4. The maximum absolute atomic E-state index is 13.8. The van der Waals surface area contributed by atoms with E-state index >= 15 is 0 Å². The predicted octanol–water partition coefficient (Wildman–Crippen LogP) is 10.9. The quantitative estimate of drug-likeness (QED) is 0.0211. The predicted molar refractivity (Wildman–Crippen MR) is 467 cm³/mol. The number of sulfonamides is 4. The Bertz CT molecular complexity index is 6420. The van der Waals surface area contributed by atoms with E-state index in [2.05, 4.69) is 101 Å². The molecular formula is C79H93FN24O18S4. The van der Waals surface area contributed by atoms with Crippen molar-refractivity contribution in [3.8, 4) is 45.6 Å². The van der Waals surface area contributed by atoms with E-state index in [4.69, 9.17) is 28.4 Å². The molecule has 42 nitrogen and oxygen atoms in total. The summed E-state index contributed by atoms with van der Waals surface area (Å²) >= 11 is 0. The molecule has 8 N–H and O–H groups in total. The van der Waals surface area contributed by atoms with Gasteiger partial charge >= 0.3 is 24.4 Å². The van der Waals surface area contributed by atoms with Gasteiger partial charge in [0.15, 0.2) is 52.2 Å². The lowest BCUT2D eigenvalue weighted by molar-refractivity contribution is 0.0455. The first-order chi connectivity index (χ1) is 59.4. The van der Waals surface area contributed by atoms with Crippen molar-refractivity contribution in [2.24, 2.45) is 28.2 Å². The van der Waals surface area contributed by atoms with E-state index in [0.717, 1.165) is 58.4 Å². The van der Waals surface area contributed by atoms with Gasteiger partial charge in [0.1, 0.15) is 25.1 Å². The number of nitrogens with zero attached hydrogens (tertiary/aromatic N) is 16. The minimum absolute atomic E-state index is 0.122. The van der Waals surface area contributed by atoms with Gasteiger partial charge < -0.3 is 28.4 Å². The average molecular weight is 1810 g/mol. The molecule has 0 bridgehead atoms. The number of carbonyl (C=O) groups is 4. The fourth-order valence-corrected chi connectivity index (χ4v) is 14.2. The fourth-order valence-electron chi connectivity index (χ4n) is 11.7. The van der Waals surface area contributed by atoms with Crippen LogP contribution in [0.15, 0.2) is 146 Å². The molecule has 4 amide bonds. The lowest BCUT2D eigenvalue weighted by Gasteiger charge is -2.18. The molecule has 47 heteroatoms. The van der Waals surface area contributed by atoms with E-state index < -0.39 is 82.5 Å². The number of hydrogen-bond donors (Lipinski definition) is 8. The maximum atomic E-state index is 13.8. The molecule has 0 saturated heterocycles. The number of rotatable bonds is 28. The van der Waals surface area contributed by atoms with Crippen molar-refractivity contribution in [2.45, 2.75) is 80.5 Å². The Labute approximate surface area is 725 Å². The number of ether oxygens (including phenoxy) is 6. The Balaban J connectivity index is 0.000000190. The maximum Gasteiger partial charge on any atom is 0.413 e. The second-order valence-electron chi connectivity index (χ2n) is 28.1. The highest BCUT2D eigenvalue weighted by Gasteiger charge is 2.27. The molecule has 126 heavy (non-hydrogen) atoms. The molecule has 0 aliphatic carbocycles. The number of amides is 4. The standard InChI is InChI=1S/C21H26N6O5S.C20H24N6O5S.C19H21FN6O4S.C19H22N6O4S/c1-13-17(25-33(5,29)30)10-11-18(22-13)19-20(27(3)26-24-19)23-21(28)32-14(2)16-9-7-6-8-15(16)12-31-4;1-13-15(24-32(4,28)29)10-11-16(21-13)18-19(26(2)25-23-18)22-20(27)31-17(12-30-3)14-8-6-5-7-9-14;1-11-5-6-14(20)13(9-11)10-30-19(27)22-18-17(23-25-26(18)3)16-8-7-15(12(2)21-16)24-31(4,28)29;1-12-6-5-7-14(10-12)11-29-19(26)21-18-17(22-24-25(18)3)16-9-8-15(13(2)20-16)23-30(4,27)28/h6-11,14,25H,12H2,1-5H3,(H,23,28);5-11,17,24H,12H2,1-4H3,(H,22,27);5-9,24H,10H2,1-4H3,(H,22,27);5-10,23H,11H2,1-4H3,(H,21,26)/t14-;;;/m1.../s1. The van der Waals surface area contributed by atoms with E-state index in [1.807, 2.05) is 92.7 Å². The third-order valence-corrected chi connectivity index (χ3v) is 19.9. The van der Waals surface area contributed by atoms with Gasteiger partial charge in [-0.1, -0.05) is 117 Å². The number of carbonyl (C=O) groups excluding carboxylic acids is 4. The highest BCUT2D eigenvalue weighted by Crippen LogP contribution is 2.33. The molecule has 0 spiro atoms. The Morgan fingerprint density at radius 1 is 0.397 bits per heavy atom. The zero-order valence-corrected chi connectivity index (χ0v) is 74.6. The molecule has 0 aliphatic rings. The molecule has 668 valence electrons. The summed E-state index contributed by atoms with van der Waals surface area (Å²) in [5.41, 5.74) is 11.5. The molecule has 12 aromatic rings. The lowest BCUT2D eigenvalue weighted by Crippen LogP contribution is -2.22. The van der Waals surface area contributed by atoms with Crippen LogP contribution in [0.5, 0.6) is 0 Å². The number of halogens is 1. The Morgan fingerprint density at radius 3 is 1.13 bits per heavy atom. The van der Waals surface area contributed by atoms with E-state index in [1.165, 1.54) is 38.0 Å². The first-order valence-electron chi connectivity index (χ1n) is 37.6. The van der Waals surface area contributed by atoms with Crippen LogP contribution in [-0.4, -0.2) is 184 Å². The molecule has 1 unspecified atom stereocenters. The molecule has 0 aliphatic heterocycles. The summed E-state index contributed by atoms with van der Waals surface area (Å²) in [5.74, 6) is 0.609. The van der Waals surface area contributed by atoms with Crippen molar-refractivity contribution in [1.29, 1.82) is 0 Å². The van der Waals surface area contributed by atoms with Crippen molar-refractivity contribution >= 4 is 110 Å². The van der Waals surface area contributed by atoms with Crippen molar-refractivity contribution in [1.82, 2.24) is 79.9 Å². The molecule has 8 aromatic heterocycles. The number of pyridine rings is 4. The minimum Gasteiger partial charge on any atom is -0.444 e. The van der Waals surface area contributed by atoms with Gasteiger partial charge in [-0.3, -0.25) is 40.2 Å². The molecular weight excluding hydrogens is 1720 g/mol. The topological polar surface area (TPSA) is 531 Å². The molecule has 8 heterocycles.